The van der Waals surface area contributed by atoms with Gasteiger partial charge in [-0.1, -0.05) is 34.6 Å². The van der Waals surface area contributed by atoms with Gasteiger partial charge in [0.15, 0.2) is 0 Å². The van der Waals surface area contributed by atoms with Crippen LogP contribution in [0.1, 0.15) is 92.4 Å². The number of fused-ring (bicyclic) bond motifs is 5. The molecule has 4 rings (SSSR count). The summed E-state index contributed by atoms with van der Waals surface area (Å²) in [6.45, 7) is 10.3. The van der Waals surface area contributed by atoms with Crippen LogP contribution in [0, 0.1) is 46.3 Å². The van der Waals surface area contributed by atoms with E-state index in [2.05, 4.69) is 20.8 Å². The molecule has 4 N–H and O–H groups in total. The van der Waals surface area contributed by atoms with Gasteiger partial charge in [-0.05, 0) is 91.8 Å². The Labute approximate surface area is 245 Å². The molecule has 0 saturated heterocycles. The molecule has 0 aromatic heterocycles. The summed E-state index contributed by atoms with van der Waals surface area (Å²) in [7, 11) is -4.99. The molecule has 12 atom stereocenters. The molecule has 4 aliphatic rings. The summed E-state index contributed by atoms with van der Waals surface area (Å²) in [6, 6.07) is 0. The maximum absolute atomic E-state index is 12.5. The molecule has 10 heteroatoms. The first-order chi connectivity index (χ1) is 16.5. The Balaban J connectivity index is 0.00000380. The third-order valence-corrected chi connectivity index (χ3v) is 11.8. The quantitative estimate of drug-likeness (QED) is 0.195. The van der Waals surface area contributed by atoms with E-state index in [1.807, 2.05) is 13.8 Å². The van der Waals surface area contributed by atoms with Crippen molar-refractivity contribution in [2.75, 3.05) is 0 Å². The first kappa shape index (κ1) is 32.2. The Morgan fingerprint density at radius 2 is 1.65 bits per heavy atom. The van der Waals surface area contributed by atoms with Gasteiger partial charge in [0.2, 0.25) is 10.4 Å². The van der Waals surface area contributed by atoms with Gasteiger partial charge in [-0.2, -0.15) is 0 Å². The molecule has 0 aliphatic heterocycles. The van der Waals surface area contributed by atoms with Gasteiger partial charge in [-0.25, -0.2) is 8.42 Å². The van der Waals surface area contributed by atoms with Gasteiger partial charge in [0.05, 0.1) is 30.0 Å². The molecule has 0 spiro atoms. The van der Waals surface area contributed by atoms with Crippen molar-refractivity contribution in [2.45, 2.75) is 122 Å². The van der Waals surface area contributed by atoms with Crippen LogP contribution in [0.2, 0.25) is 0 Å². The minimum Gasteiger partial charge on any atom is -0.726 e. The van der Waals surface area contributed by atoms with E-state index in [4.69, 9.17) is 4.18 Å². The molecule has 4 saturated carbocycles. The zero-order valence-electron chi connectivity index (χ0n) is 23.5. The third kappa shape index (κ3) is 5.75. The van der Waals surface area contributed by atoms with Crippen LogP contribution in [0.15, 0.2) is 0 Å². The van der Waals surface area contributed by atoms with Crippen molar-refractivity contribution in [1.29, 1.82) is 0 Å². The Morgan fingerprint density at radius 3 is 2.24 bits per heavy atom. The third-order valence-electron chi connectivity index (χ3n) is 11.3. The van der Waals surface area contributed by atoms with Crippen molar-refractivity contribution in [3.05, 3.63) is 0 Å². The fraction of sp³-hybridized carbons (Fsp3) is 1.00. The van der Waals surface area contributed by atoms with Crippen molar-refractivity contribution in [1.82, 2.24) is 0 Å². The van der Waals surface area contributed by atoms with Crippen molar-refractivity contribution < 1.29 is 67.1 Å². The van der Waals surface area contributed by atoms with Crippen LogP contribution >= 0.6 is 0 Å². The summed E-state index contributed by atoms with van der Waals surface area (Å²) in [6.07, 6.45) is 2.49. The predicted octanol–water partition coefficient (Wildman–Crippen LogP) is -0.0156. The maximum Gasteiger partial charge on any atom is 1.00 e. The second-order valence-corrected chi connectivity index (χ2v) is 14.6. The Hall–Kier alpha value is 0.710. The van der Waals surface area contributed by atoms with E-state index >= 15 is 0 Å². The van der Waals surface area contributed by atoms with E-state index in [1.54, 1.807) is 0 Å². The van der Waals surface area contributed by atoms with E-state index in [0.717, 1.165) is 19.3 Å². The number of aliphatic hydroxyl groups excluding tert-OH is 3. The second-order valence-electron chi connectivity index (χ2n) is 13.6. The van der Waals surface area contributed by atoms with Gasteiger partial charge in [0, 0.05) is 12.3 Å². The van der Waals surface area contributed by atoms with Crippen LogP contribution in [-0.4, -0.2) is 63.4 Å². The van der Waals surface area contributed by atoms with Crippen LogP contribution in [0.4, 0.5) is 0 Å². The maximum atomic E-state index is 12.5. The Bertz CT molecular complexity index is 916. The largest absolute Gasteiger partial charge is 1.00 e. The summed E-state index contributed by atoms with van der Waals surface area (Å²) >= 11 is 0. The van der Waals surface area contributed by atoms with Gasteiger partial charge in [-0.3, -0.25) is 4.18 Å². The Kier molecular flexibility index (Phi) is 9.74. The fourth-order valence-electron chi connectivity index (χ4n) is 9.58. The molecule has 0 aromatic rings. The molecule has 37 heavy (non-hydrogen) atoms. The van der Waals surface area contributed by atoms with E-state index in [0.29, 0.717) is 32.1 Å². The summed E-state index contributed by atoms with van der Waals surface area (Å²) in [5, 5.41) is 44.4. The molecular formula is C27H47NaO8S. The van der Waals surface area contributed by atoms with Crippen LogP contribution in [0.3, 0.4) is 0 Å². The minimum atomic E-state index is -4.99. The molecular weight excluding hydrogens is 507 g/mol. The van der Waals surface area contributed by atoms with Crippen LogP contribution in [0.5, 0.6) is 0 Å². The standard InChI is InChI=1S/C27H48O8S.Na/c1-15(2)20(29)7-6-16(3)18-13-22(35-36(32,33)34)24-26(18,5)11-9-23-25(4)10-8-17(28)12-19(25)21(30)14-27(23,24)31;/h15-24,28-31H,6-14H2,1-5H3,(H,32,33,34);/q;+1/p-1/t16-,17+,18-,19-,20+,21-,22+,23-,24-,25+,26-,27+;/m1./s1. The normalized spacial score (nSPS) is 47.4. The van der Waals surface area contributed by atoms with Crippen molar-refractivity contribution >= 4 is 10.4 Å². The van der Waals surface area contributed by atoms with Crippen LogP contribution < -0.4 is 29.6 Å². The zero-order chi connectivity index (χ0) is 26.8. The first-order valence-corrected chi connectivity index (χ1v) is 15.3. The number of hydrogen-bond donors (Lipinski definition) is 4. The van der Waals surface area contributed by atoms with E-state index in [1.165, 1.54) is 0 Å². The van der Waals surface area contributed by atoms with E-state index in [-0.39, 0.29) is 71.0 Å². The van der Waals surface area contributed by atoms with Crippen molar-refractivity contribution in [3.63, 3.8) is 0 Å². The van der Waals surface area contributed by atoms with Gasteiger partial charge in [0.25, 0.3) is 0 Å². The molecule has 4 aliphatic carbocycles. The first-order valence-electron chi connectivity index (χ1n) is 13.9. The SMILES string of the molecule is CC(C)[C@@H](O)CC[C@@H](C)[C@H]1C[C@H](OS(=O)(=O)[O-])[C@@H]2[C@]1(C)CC[C@@H]1[C@@]3(C)CC[C@H](O)C[C@@H]3[C@H](O)C[C@]12O.[Na+]. The number of rotatable bonds is 7. The summed E-state index contributed by atoms with van der Waals surface area (Å²) in [5.41, 5.74) is -2.24. The molecule has 8 nitrogen and oxygen atoms in total. The topological polar surface area (TPSA) is 147 Å². The molecule has 0 radical (unpaired) electrons. The summed E-state index contributed by atoms with van der Waals surface area (Å²) in [4.78, 5) is 0. The number of hydrogen-bond acceptors (Lipinski definition) is 8. The van der Waals surface area contributed by atoms with E-state index in [9.17, 15) is 33.4 Å². The molecule has 0 amide bonds. The number of aliphatic hydroxyl groups is 4. The molecule has 4 fully saturated rings. The average Bonchev–Trinajstić information content (AvgIpc) is 3.04. The average molecular weight is 555 g/mol. The molecule has 0 bridgehead atoms. The van der Waals surface area contributed by atoms with Crippen LogP contribution in [-0.2, 0) is 14.6 Å². The van der Waals surface area contributed by atoms with E-state index < -0.39 is 51.7 Å². The second kappa shape index (κ2) is 11.2. The van der Waals surface area contributed by atoms with Gasteiger partial charge in [0.1, 0.15) is 0 Å². The smallest absolute Gasteiger partial charge is 0.726 e. The van der Waals surface area contributed by atoms with Gasteiger partial charge < -0.3 is 25.0 Å². The van der Waals surface area contributed by atoms with Gasteiger partial charge >= 0.3 is 29.6 Å². The Morgan fingerprint density at radius 1 is 1.03 bits per heavy atom. The molecule has 0 heterocycles. The molecule has 0 aromatic carbocycles. The summed E-state index contributed by atoms with van der Waals surface area (Å²) < 4.78 is 40.7. The predicted molar refractivity (Wildman–Crippen MR) is 133 cm³/mol. The fourth-order valence-corrected chi connectivity index (χ4v) is 10.1. The van der Waals surface area contributed by atoms with Crippen molar-refractivity contribution in [3.8, 4) is 0 Å². The zero-order valence-corrected chi connectivity index (χ0v) is 26.3. The molecule has 0 unspecified atom stereocenters. The van der Waals surface area contributed by atoms with Crippen molar-refractivity contribution in [2.24, 2.45) is 46.3 Å². The van der Waals surface area contributed by atoms with Crippen LogP contribution in [0.25, 0.3) is 0 Å². The monoisotopic (exact) mass is 554 g/mol. The summed E-state index contributed by atoms with van der Waals surface area (Å²) in [5.74, 6) is -0.624. The van der Waals surface area contributed by atoms with Gasteiger partial charge in [-0.15, -0.1) is 0 Å². The molecule has 210 valence electrons. The minimum absolute atomic E-state index is 0.